The molecular weight excluding hydrogens is 516 g/mol. The summed E-state index contributed by atoms with van der Waals surface area (Å²) < 4.78 is 18.4. The molecule has 5 fully saturated rings. The van der Waals surface area contributed by atoms with E-state index in [1.807, 2.05) is 6.92 Å². The number of alkyl halides is 1. The van der Waals surface area contributed by atoms with E-state index >= 15 is 0 Å². The van der Waals surface area contributed by atoms with Crippen LogP contribution in [0.5, 0.6) is 0 Å². The zero-order valence-corrected chi connectivity index (χ0v) is 26.2. The second-order valence-electron chi connectivity index (χ2n) is 15.4. The third kappa shape index (κ3) is 4.85. The Hall–Kier alpha value is -0.570. The van der Waals surface area contributed by atoms with Gasteiger partial charge in [0.05, 0.1) is 41.6 Å². The highest BCUT2D eigenvalue weighted by Gasteiger charge is 2.70. The predicted octanol–water partition coefficient (Wildman–Crippen LogP) is 4.64. The molecule has 8 heteroatoms. The van der Waals surface area contributed by atoms with Crippen LogP contribution < -0.4 is 5.43 Å². The number of hydrogen-bond donors (Lipinski definition) is 1. The van der Waals surface area contributed by atoms with E-state index < -0.39 is 29.0 Å². The quantitative estimate of drug-likeness (QED) is 0.499. The number of ether oxygens (including phenoxy) is 3. The summed E-state index contributed by atoms with van der Waals surface area (Å²) in [5.74, 6) is 0.485. The summed E-state index contributed by atoms with van der Waals surface area (Å²) in [5.41, 5.74) is 3.09. The normalized spacial score (nSPS) is 47.5. The summed E-state index contributed by atoms with van der Waals surface area (Å²) in [6.07, 6.45) is 3.23. The molecule has 222 valence electrons. The number of fused-ring (bicyclic) bond motifs is 3. The van der Waals surface area contributed by atoms with Crippen molar-refractivity contribution >= 4 is 23.2 Å². The molecule has 2 saturated heterocycles. The Morgan fingerprint density at radius 3 is 2.08 bits per heavy atom. The second kappa shape index (κ2) is 10.3. The smallest absolute Gasteiger partial charge is 0.174 e. The first-order chi connectivity index (χ1) is 18.1. The number of carbonyl (C=O) groups excluding carboxylic acids is 2. The molecule has 0 aromatic carbocycles. The van der Waals surface area contributed by atoms with E-state index in [0.29, 0.717) is 37.3 Å². The van der Waals surface area contributed by atoms with E-state index in [0.717, 1.165) is 12.8 Å². The monoisotopic (exact) mass is 566 g/mol. The fourth-order valence-corrected chi connectivity index (χ4v) is 9.04. The zero-order valence-electron chi connectivity index (χ0n) is 25.5. The van der Waals surface area contributed by atoms with Crippen LogP contribution in [0, 0.1) is 40.4 Å². The summed E-state index contributed by atoms with van der Waals surface area (Å²) in [7, 11) is 3.29. The molecule has 5 rings (SSSR count). The van der Waals surface area contributed by atoms with Crippen LogP contribution in [-0.4, -0.2) is 78.7 Å². The van der Waals surface area contributed by atoms with Crippen LogP contribution in [0.25, 0.3) is 0 Å². The fraction of sp³-hybridized carbons (Fsp3) is 0.935. The summed E-state index contributed by atoms with van der Waals surface area (Å²) >= 11 is 6.91. The molecule has 3 saturated carbocycles. The van der Waals surface area contributed by atoms with Crippen molar-refractivity contribution in [1.82, 2.24) is 10.4 Å². The molecule has 9 unspecified atom stereocenters. The largest absolute Gasteiger partial charge is 0.380 e. The minimum absolute atomic E-state index is 0.0488. The number of methoxy groups -OCH3 is 2. The molecule has 1 N–H and O–H groups in total. The molecule has 0 bridgehead atoms. The van der Waals surface area contributed by atoms with Gasteiger partial charge in [0.1, 0.15) is 11.4 Å². The molecule has 3 aliphatic carbocycles. The standard InChI is InChI=1S/C31H51ClN2O5/c1-16-10-21(35)20-15-34(19-12-17(29(2,3)4)11-18(13-19)30(5,6)7)33-27(20)31(16)28(36)24-22(37-8)14-23(38-9)25(32)26(24)39-31/h16-20,22-27,33H,10-15H2,1-9H3/t16-,17?,18?,19?,20?,22?,23?,24?,25?,26?,27?,31+/m1/s1. The maximum atomic E-state index is 14.5. The molecule has 11 atom stereocenters. The van der Waals surface area contributed by atoms with E-state index in [4.69, 9.17) is 25.8 Å². The van der Waals surface area contributed by atoms with Gasteiger partial charge in [-0.1, -0.05) is 48.5 Å². The molecule has 0 radical (unpaired) electrons. The summed E-state index contributed by atoms with van der Waals surface area (Å²) in [4.78, 5) is 28.0. The predicted molar refractivity (Wildman–Crippen MR) is 151 cm³/mol. The average molecular weight is 567 g/mol. The van der Waals surface area contributed by atoms with Crippen LogP contribution >= 0.6 is 11.6 Å². The van der Waals surface area contributed by atoms with E-state index in [-0.39, 0.29) is 46.4 Å². The third-order valence-corrected chi connectivity index (χ3v) is 11.8. The summed E-state index contributed by atoms with van der Waals surface area (Å²) in [6.45, 7) is 16.7. The Balaban J connectivity index is 1.46. The van der Waals surface area contributed by atoms with Crippen LogP contribution in [0.1, 0.15) is 80.6 Å². The van der Waals surface area contributed by atoms with E-state index in [1.54, 1.807) is 14.2 Å². The van der Waals surface area contributed by atoms with Gasteiger partial charge in [0.2, 0.25) is 0 Å². The van der Waals surface area contributed by atoms with Crippen molar-refractivity contribution in [3.05, 3.63) is 0 Å². The van der Waals surface area contributed by atoms with Gasteiger partial charge < -0.3 is 14.2 Å². The van der Waals surface area contributed by atoms with Crippen LogP contribution in [0.4, 0.5) is 0 Å². The van der Waals surface area contributed by atoms with E-state index in [9.17, 15) is 9.59 Å². The van der Waals surface area contributed by atoms with Crippen LogP contribution in [0.3, 0.4) is 0 Å². The molecule has 39 heavy (non-hydrogen) atoms. The number of ketones is 2. The lowest BCUT2D eigenvalue weighted by atomic mass is 9.62. The molecule has 1 spiro atoms. The van der Waals surface area contributed by atoms with Crippen molar-refractivity contribution < 1.29 is 23.8 Å². The second-order valence-corrected chi connectivity index (χ2v) is 15.9. The van der Waals surface area contributed by atoms with Gasteiger partial charge in [-0.05, 0) is 41.9 Å². The lowest BCUT2D eigenvalue weighted by Crippen LogP contribution is -2.65. The number of halogens is 1. The number of nitrogens with one attached hydrogen (secondary N) is 1. The average Bonchev–Trinajstić information content (AvgIpc) is 3.44. The zero-order chi connectivity index (χ0) is 28.7. The number of rotatable bonds is 3. The first-order valence-electron chi connectivity index (χ1n) is 15.1. The third-order valence-electron chi connectivity index (χ3n) is 11.3. The van der Waals surface area contributed by atoms with Crippen LogP contribution in [0.15, 0.2) is 0 Å². The molecular formula is C31H51ClN2O5. The van der Waals surface area contributed by atoms with Gasteiger partial charge in [-0.25, -0.2) is 10.4 Å². The molecule has 2 aliphatic heterocycles. The Kier molecular flexibility index (Phi) is 7.90. The van der Waals surface area contributed by atoms with Gasteiger partial charge in [0.25, 0.3) is 0 Å². The van der Waals surface area contributed by atoms with Crippen molar-refractivity contribution in [2.75, 3.05) is 20.8 Å². The van der Waals surface area contributed by atoms with E-state index in [1.165, 1.54) is 6.42 Å². The maximum absolute atomic E-state index is 14.5. The van der Waals surface area contributed by atoms with Crippen molar-refractivity contribution in [3.8, 4) is 0 Å². The molecule has 7 nitrogen and oxygen atoms in total. The SMILES string of the molecule is COC1CC(OC)C2C(=O)[C@@]3(OC2C1Cl)C1NN(C2CC(C(C)(C)C)CC(C(C)(C)C)C2)CC1C(=O)C[C@H]3C. The number of carbonyl (C=O) groups is 2. The minimum atomic E-state index is -1.10. The molecule has 0 aromatic rings. The molecule has 0 aromatic heterocycles. The van der Waals surface area contributed by atoms with Crippen molar-refractivity contribution in [3.63, 3.8) is 0 Å². The summed E-state index contributed by atoms with van der Waals surface area (Å²) in [5, 5.41) is 1.88. The van der Waals surface area contributed by atoms with Gasteiger partial charge in [0.15, 0.2) is 5.78 Å². The Morgan fingerprint density at radius 2 is 1.54 bits per heavy atom. The number of Topliss-reactive ketones (excluding diaryl/α,β-unsaturated/α-hetero) is 2. The minimum Gasteiger partial charge on any atom is -0.380 e. The van der Waals surface area contributed by atoms with Gasteiger partial charge >= 0.3 is 0 Å². The highest BCUT2D eigenvalue weighted by Crippen LogP contribution is 2.54. The maximum Gasteiger partial charge on any atom is 0.174 e. The number of hydrazine groups is 1. The van der Waals surface area contributed by atoms with Crippen molar-refractivity contribution in [2.24, 2.45) is 40.4 Å². The van der Waals surface area contributed by atoms with Crippen LogP contribution in [-0.2, 0) is 23.8 Å². The topological polar surface area (TPSA) is 77.1 Å². The van der Waals surface area contributed by atoms with Crippen LogP contribution in [0.2, 0.25) is 0 Å². The van der Waals surface area contributed by atoms with Gasteiger partial charge in [0, 0.05) is 45.6 Å². The van der Waals surface area contributed by atoms with Gasteiger partial charge in [-0.3, -0.25) is 9.59 Å². The Morgan fingerprint density at radius 1 is 0.949 bits per heavy atom. The molecule has 2 heterocycles. The first kappa shape index (κ1) is 29.9. The Labute approximate surface area is 240 Å². The number of hydrogen-bond acceptors (Lipinski definition) is 7. The van der Waals surface area contributed by atoms with Gasteiger partial charge in [-0.15, -0.1) is 11.6 Å². The van der Waals surface area contributed by atoms with Crippen molar-refractivity contribution in [2.45, 2.75) is 122 Å². The number of nitrogens with zero attached hydrogens (tertiary/aromatic N) is 1. The van der Waals surface area contributed by atoms with Crippen molar-refractivity contribution in [1.29, 1.82) is 0 Å². The molecule has 5 aliphatic rings. The lowest BCUT2D eigenvalue weighted by molar-refractivity contribution is -0.164. The highest BCUT2D eigenvalue weighted by molar-refractivity contribution is 6.22. The highest BCUT2D eigenvalue weighted by atomic mass is 35.5. The molecule has 0 amide bonds. The van der Waals surface area contributed by atoms with E-state index in [2.05, 4.69) is 52.0 Å². The van der Waals surface area contributed by atoms with Gasteiger partial charge in [-0.2, -0.15) is 0 Å². The fourth-order valence-electron chi connectivity index (χ4n) is 8.63. The first-order valence-corrected chi connectivity index (χ1v) is 15.5. The lowest BCUT2D eigenvalue weighted by Gasteiger charge is -2.48. The Bertz CT molecular complexity index is 940. The summed E-state index contributed by atoms with van der Waals surface area (Å²) in [6, 6.07) is -0.0839.